The van der Waals surface area contributed by atoms with Crippen LogP contribution in [0, 0.1) is 0 Å². The Bertz CT molecular complexity index is 550. The predicted octanol–water partition coefficient (Wildman–Crippen LogP) is 0.0696. The second kappa shape index (κ2) is 6.60. The maximum Gasteiger partial charge on any atom is 0.257 e. The fourth-order valence-corrected chi connectivity index (χ4v) is 2.95. The first-order valence-corrected chi connectivity index (χ1v) is 8.03. The van der Waals surface area contributed by atoms with Crippen LogP contribution in [0.3, 0.4) is 0 Å². The van der Waals surface area contributed by atoms with Crippen molar-refractivity contribution in [2.45, 2.75) is 31.6 Å². The summed E-state index contributed by atoms with van der Waals surface area (Å²) >= 11 is 0. The predicted molar refractivity (Wildman–Crippen MR) is 82.0 cm³/mol. The highest BCUT2D eigenvalue weighted by Crippen LogP contribution is 2.23. The van der Waals surface area contributed by atoms with E-state index in [4.69, 9.17) is 9.15 Å². The number of ether oxygens (including phenoxy) is 1. The molecule has 1 aromatic heterocycles. The average molecular weight is 324 g/mol. The van der Waals surface area contributed by atoms with Crippen molar-refractivity contribution >= 4 is 5.91 Å². The molecule has 2 saturated heterocycles. The molecule has 2 N–H and O–H groups in total. The first-order chi connectivity index (χ1) is 11.0. The van der Waals surface area contributed by atoms with Crippen molar-refractivity contribution in [3.05, 3.63) is 23.7 Å². The molecule has 7 heteroatoms. The first kappa shape index (κ1) is 16.4. The third kappa shape index (κ3) is 3.74. The number of rotatable bonds is 3. The zero-order chi connectivity index (χ0) is 16.4. The second-order valence-corrected chi connectivity index (χ2v) is 6.56. The fraction of sp³-hybridized carbons (Fsp3) is 0.688. The van der Waals surface area contributed by atoms with Crippen molar-refractivity contribution in [2.75, 3.05) is 39.4 Å². The number of nitrogens with zero attached hydrogens (tertiary/aromatic N) is 2. The number of aliphatic hydroxyl groups is 2. The molecule has 0 spiro atoms. The van der Waals surface area contributed by atoms with Gasteiger partial charge in [0.1, 0.15) is 12.0 Å². The summed E-state index contributed by atoms with van der Waals surface area (Å²) in [7, 11) is 0. The van der Waals surface area contributed by atoms with Gasteiger partial charge in [-0.2, -0.15) is 0 Å². The Kier molecular flexibility index (Phi) is 4.72. The number of furan rings is 1. The van der Waals surface area contributed by atoms with Crippen molar-refractivity contribution in [2.24, 2.45) is 0 Å². The Morgan fingerprint density at radius 3 is 2.83 bits per heavy atom. The number of hydrogen-bond acceptors (Lipinski definition) is 6. The van der Waals surface area contributed by atoms with Gasteiger partial charge < -0.3 is 24.3 Å². The van der Waals surface area contributed by atoms with Gasteiger partial charge in [-0.25, -0.2) is 0 Å². The van der Waals surface area contributed by atoms with E-state index in [0.717, 1.165) is 32.1 Å². The molecule has 0 bridgehead atoms. The molecule has 0 aliphatic carbocycles. The first-order valence-electron chi connectivity index (χ1n) is 8.03. The molecule has 128 valence electrons. The molecule has 2 aliphatic rings. The largest absolute Gasteiger partial charge is 0.467 e. The summed E-state index contributed by atoms with van der Waals surface area (Å²) in [6.07, 6.45) is 0.898. The van der Waals surface area contributed by atoms with Crippen molar-refractivity contribution in [3.8, 4) is 0 Å². The van der Waals surface area contributed by atoms with E-state index in [1.165, 1.54) is 6.26 Å². The third-order valence-corrected chi connectivity index (χ3v) is 4.67. The van der Waals surface area contributed by atoms with Gasteiger partial charge in [0.05, 0.1) is 37.0 Å². The Labute approximate surface area is 135 Å². The summed E-state index contributed by atoms with van der Waals surface area (Å²) in [5.74, 6) is 0.580. The lowest BCUT2D eigenvalue weighted by atomic mass is 9.90. The van der Waals surface area contributed by atoms with E-state index in [2.05, 4.69) is 4.90 Å². The number of hydrogen-bond donors (Lipinski definition) is 2. The highest BCUT2D eigenvalue weighted by Gasteiger charge is 2.38. The van der Waals surface area contributed by atoms with Gasteiger partial charge in [0, 0.05) is 26.2 Å². The van der Waals surface area contributed by atoms with Crippen LogP contribution in [-0.2, 0) is 11.3 Å². The summed E-state index contributed by atoms with van der Waals surface area (Å²) < 4.78 is 10.8. The van der Waals surface area contributed by atoms with E-state index < -0.39 is 11.7 Å². The number of amides is 1. The van der Waals surface area contributed by atoms with Gasteiger partial charge in [0.2, 0.25) is 0 Å². The van der Waals surface area contributed by atoms with Crippen LogP contribution in [-0.4, -0.2) is 77.0 Å². The molecule has 2 aliphatic heterocycles. The smallest absolute Gasteiger partial charge is 0.257 e. The van der Waals surface area contributed by atoms with Gasteiger partial charge in [-0.1, -0.05) is 0 Å². The zero-order valence-corrected chi connectivity index (χ0v) is 13.4. The van der Waals surface area contributed by atoms with Crippen LogP contribution >= 0.6 is 0 Å². The zero-order valence-electron chi connectivity index (χ0n) is 13.4. The van der Waals surface area contributed by atoms with Gasteiger partial charge >= 0.3 is 0 Å². The lowest BCUT2D eigenvalue weighted by Gasteiger charge is -2.39. The molecule has 23 heavy (non-hydrogen) atoms. The molecule has 0 saturated carbocycles. The van der Waals surface area contributed by atoms with Crippen molar-refractivity contribution in [3.63, 3.8) is 0 Å². The number of carbonyl (C=O) groups excluding carboxylic acids is 1. The summed E-state index contributed by atoms with van der Waals surface area (Å²) in [5, 5.41) is 19.9. The maximum atomic E-state index is 12.5. The van der Waals surface area contributed by atoms with E-state index >= 15 is 0 Å². The monoisotopic (exact) mass is 324 g/mol. The van der Waals surface area contributed by atoms with Crippen molar-refractivity contribution in [1.29, 1.82) is 0 Å². The summed E-state index contributed by atoms with van der Waals surface area (Å²) in [6, 6.07) is 1.76. The Morgan fingerprint density at radius 2 is 2.13 bits per heavy atom. The molecule has 1 amide bonds. The second-order valence-electron chi connectivity index (χ2n) is 6.56. The Hall–Kier alpha value is -1.41. The minimum absolute atomic E-state index is 0.135. The van der Waals surface area contributed by atoms with Crippen LogP contribution in [0.4, 0.5) is 0 Å². The minimum Gasteiger partial charge on any atom is -0.467 e. The standard InChI is InChI=1S/C16H24N2O5/c1-16(21)2-3-18(10-14(16)19)15(20)12-8-13(23-11-12)9-17-4-6-22-7-5-17/h8,11,14,19,21H,2-7,9-10H2,1H3/t14-,16-/m1/s1. The maximum absolute atomic E-state index is 12.5. The van der Waals surface area contributed by atoms with Crippen molar-refractivity contribution < 1.29 is 24.2 Å². The third-order valence-electron chi connectivity index (χ3n) is 4.67. The highest BCUT2D eigenvalue weighted by atomic mass is 16.5. The molecular formula is C16H24N2O5. The van der Waals surface area contributed by atoms with Crippen LogP contribution in [0.2, 0.25) is 0 Å². The number of likely N-dealkylation sites (tertiary alicyclic amines) is 1. The molecule has 2 atom stereocenters. The Morgan fingerprint density at radius 1 is 1.39 bits per heavy atom. The van der Waals surface area contributed by atoms with E-state index in [0.29, 0.717) is 25.1 Å². The SMILES string of the molecule is C[C@@]1(O)CCN(C(=O)c2coc(CN3CCOCC3)c2)C[C@H]1O. The summed E-state index contributed by atoms with van der Waals surface area (Å²) in [6.45, 7) is 5.97. The van der Waals surface area contributed by atoms with E-state index in [1.807, 2.05) is 0 Å². The van der Waals surface area contributed by atoms with Crippen LogP contribution in [0.25, 0.3) is 0 Å². The molecule has 0 radical (unpaired) electrons. The molecular weight excluding hydrogens is 300 g/mol. The molecule has 1 aromatic rings. The van der Waals surface area contributed by atoms with Crippen LogP contribution in [0.5, 0.6) is 0 Å². The van der Waals surface area contributed by atoms with E-state index in [9.17, 15) is 15.0 Å². The fourth-order valence-electron chi connectivity index (χ4n) is 2.95. The van der Waals surface area contributed by atoms with Gasteiger partial charge in [0.25, 0.3) is 5.91 Å². The number of β-amino-alcohol motifs (C(OH)–C–C–N with tert-alkyl or cyclic N) is 1. The van der Waals surface area contributed by atoms with Crippen LogP contribution < -0.4 is 0 Å². The average Bonchev–Trinajstić information content (AvgIpc) is 2.99. The van der Waals surface area contributed by atoms with Crippen LogP contribution in [0.15, 0.2) is 16.7 Å². The van der Waals surface area contributed by atoms with Gasteiger partial charge in [-0.05, 0) is 19.4 Å². The van der Waals surface area contributed by atoms with Gasteiger partial charge in [-0.15, -0.1) is 0 Å². The highest BCUT2D eigenvalue weighted by molar-refractivity contribution is 5.94. The Balaban J connectivity index is 1.60. The summed E-state index contributed by atoms with van der Waals surface area (Å²) in [5.41, 5.74) is -0.642. The van der Waals surface area contributed by atoms with E-state index in [-0.39, 0.29) is 12.5 Å². The lowest BCUT2D eigenvalue weighted by molar-refractivity contribution is -0.0999. The van der Waals surface area contributed by atoms with Crippen LogP contribution in [0.1, 0.15) is 29.5 Å². The molecule has 0 unspecified atom stereocenters. The lowest BCUT2D eigenvalue weighted by Crippen LogP contribution is -2.55. The number of piperidine rings is 1. The quantitative estimate of drug-likeness (QED) is 0.818. The molecule has 3 rings (SSSR count). The number of morpholine rings is 1. The molecule has 2 fully saturated rings. The van der Waals surface area contributed by atoms with Crippen molar-refractivity contribution in [1.82, 2.24) is 9.80 Å². The van der Waals surface area contributed by atoms with Gasteiger partial charge in [-0.3, -0.25) is 9.69 Å². The normalized spacial score (nSPS) is 29.7. The molecule has 0 aromatic carbocycles. The molecule has 7 nitrogen and oxygen atoms in total. The minimum atomic E-state index is -1.13. The number of aliphatic hydroxyl groups excluding tert-OH is 1. The van der Waals surface area contributed by atoms with Gasteiger partial charge in [0.15, 0.2) is 0 Å². The number of carbonyl (C=O) groups is 1. The topological polar surface area (TPSA) is 86.4 Å². The summed E-state index contributed by atoms with van der Waals surface area (Å²) in [4.78, 5) is 16.3. The molecule has 3 heterocycles. The van der Waals surface area contributed by atoms with E-state index in [1.54, 1.807) is 17.9 Å².